The van der Waals surface area contributed by atoms with Crippen molar-refractivity contribution >= 4 is 5.91 Å². The van der Waals surface area contributed by atoms with E-state index in [4.69, 9.17) is 4.74 Å². The third kappa shape index (κ3) is 3.70. The van der Waals surface area contributed by atoms with Gasteiger partial charge in [-0.2, -0.15) is 37.5 Å². The molecule has 3 heterocycles. The molecule has 0 radical (unpaired) electrons. The fraction of sp³-hybridized carbons (Fsp3) is 0.364. The second-order valence-corrected chi connectivity index (χ2v) is 8.23. The SMILES string of the molecule is CC1C2CC(Oc3ccc(C(F)(F)F)c(F)n3)C(C2)N1C(=O)c1ccccc1-n1nccn1. The Hall–Kier alpha value is -3.50. The number of hydrogen-bond acceptors (Lipinski definition) is 5. The normalized spacial score (nSPS) is 24.3. The molecule has 3 aromatic rings. The van der Waals surface area contributed by atoms with Crippen LogP contribution >= 0.6 is 0 Å². The minimum Gasteiger partial charge on any atom is -0.472 e. The highest BCUT2D eigenvalue weighted by Crippen LogP contribution is 2.45. The van der Waals surface area contributed by atoms with Crippen molar-refractivity contribution < 1.29 is 27.1 Å². The van der Waals surface area contributed by atoms with Crippen LogP contribution in [-0.4, -0.2) is 49.0 Å². The quantitative estimate of drug-likeness (QED) is 0.436. The molecule has 11 heteroatoms. The molecule has 1 aliphatic carbocycles. The van der Waals surface area contributed by atoms with E-state index in [1.54, 1.807) is 29.2 Å². The number of halogens is 4. The Morgan fingerprint density at radius 2 is 1.82 bits per heavy atom. The van der Waals surface area contributed by atoms with E-state index in [2.05, 4.69) is 15.2 Å². The van der Waals surface area contributed by atoms with Crippen molar-refractivity contribution in [2.24, 2.45) is 5.92 Å². The topological polar surface area (TPSA) is 73.1 Å². The lowest BCUT2D eigenvalue weighted by Crippen LogP contribution is -2.51. The zero-order valence-electron chi connectivity index (χ0n) is 17.4. The number of alkyl halides is 3. The third-order valence-electron chi connectivity index (χ3n) is 6.39. The molecule has 7 nitrogen and oxygen atoms in total. The van der Waals surface area contributed by atoms with Gasteiger partial charge in [-0.05, 0) is 43.9 Å². The number of benzene rings is 1. The number of aromatic nitrogens is 4. The number of para-hydroxylation sites is 1. The maximum Gasteiger partial charge on any atom is 0.420 e. The molecular formula is C22H19F4N5O2. The van der Waals surface area contributed by atoms with Crippen LogP contribution in [0.15, 0.2) is 48.8 Å². The maximum absolute atomic E-state index is 13.9. The lowest BCUT2D eigenvalue weighted by Gasteiger charge is -2.38. The Morgan fingerprint density at radius 1 is 1.09 bits per heavy atom. The van der Waals surface area contributed by atoms with Gasteiger partial charge in [-0.1, -0.05) is 12.1 Å². The molecule has 172 valence electrons. The van der Waals surface area contributed by atoms with Crippen LogP contribution in [-0.2, 0) is 6.18 Å². The smallest absolute Gasteiger partial charge is 0.420 e. The summed E-state index contributed by atoms with van der Waals surface area (Å²) in [6.45, 7) is 1.96. The number of nitrogens with zero attached hydrogens (tertiary/aromatic N) is 5. The molecule has 4 atom stereocenters. The summed E-state index contributed by atoms with van der Waals surface area (Å²) in [4.78, 5) is 20.0. The number of likely N-dealkylation sites (tertiary alicyclic amines) is 1. The molecule has 1 saturated carbocycles. The number of rotatable bonds is 4. The average Bonchev–Trinajstić information content (AvgIpc) is 3.49. The highest BCUT2D eigenvalue weighted by atomic mass is 19.4. The Kier molecular flexibility index (Phi) is 5.06. The lowest BCUT2D eigenvalue weighted by molar-refractivity contribution is -0.140. The van der Waals surface area contributed by atoms with E-state index >= 15 is 0 Å². The van der Waals surface area contributed by atoms with Crippen molar-refractivity contribution in [2.75, 3.05) is 0 Å². The van der Waals surface area contributed by atoms with Gasteiger partial charge in [0.05, 0.1) is 29.7 Å². The van der Waals surface area contributed by atoms with Crippen LogP contribution in [0.5, 0.6) is 5.88 Å². The summed E-state index contributed by atoms with van der Waals surface area (Å²) >= 11 is 0. The van der Waals surface area contributed by atoms with Gasteiger partial charge in [0.25, 0.3) is 5.91 Å². The molecule has 1 amide bonds. The molecule has 4 unspecified atom stereocenters. The number of carbonyl (C=O) groups excluding carboxylic acids is 1. The molecule has 1 saturated heterocycles. The van der Waals surface area contributed by atoms with Crippen molar-refractivity contribution in [2.45, 2.75) is 44.1 Å². The van der Waals surface area contributed by atoms with E-state index in [0.717, 1.165) is 6.07 Å². The predicted octanol–water partition coefficient (Wildman–Crippen LogP) is 3.89. The minimum atomic E-state index is -4.84. The predicted molar refractivity (Wildman–Crippen MR) is 107 cm³/mol. The largest absolute Gasteiger partial charge is 0.472 e. The number of carbonyl (C=O) groups is 1. The number of fused-ring (bicyclic) bond motifs is 2. The van der Waals surface area contributed by atoms with Crippen LogP contribution in [0.4, 0.5) is 17.6 Å². The van der Waals surface area contributed by atoms with E-state index in [0.29, 0.717) is 30.2 Å². The first-order chi connectivity index (χ1) is 15.7. The number of amides is 1. The summed E-state index contributed by atoms with van der Waals surface area (Å²) in [5.41, 5.74) is -0.492. The van der Waals surface area contributed by atoms with Gasteiger partial charge in [0.1, 0.15) is 11.7 Å². The summed E-state index contributed by atoms with van der Waals surface area (Å²) in [6.07, 6.45) is -1.03. The van der Waals surface area contributed by atoms with Crippen LogP contribution in [0.3, 0.4) is 0 Å². The summed E-state index contributed by atoms with van der Waals surface area (Å²) in [6, 6.07) is 8.22. The average molecular weight is 461 g/mol. The Balaban J connectivity index is 1.39. The van der Waals surface area contributed by atoms with Gasteiger partial charge in [0.15, 0.2) is 0 Å². The van der Waals surface area contributed by atoms with E-state index in [1.165, 1.54) is 17.2 Å². The summed E-state index contributed by atoms with van der Waals surface area (Å²) in [5, 5.41) is 8.23. The summed E-state index contributed by atoms with van der Waals surface area (Å²) in [7, 11) is 0. The number of ether oxygens (including phenoxy) is 1. The van der Waals surface area contributed by atoms with Crippen molar-refractivity contribution in [1.82, 2.24) is 24.9 Å². The van der Waals surface area contributed by atoms with Gasteiger partial charge in [-0.15, -0.1) is 0 Å². The number of hydrogen-bond donors (Lipinski definition) is 0. The highest BCUT2D eigenvalue weighted by molar-refractivity contribution is 5.98. The molecule has 33 heavy (non-hydrogen) atoms. The fourth-order valence-corrected chi connectivity index (χ4v) is 4.85. The van der Waals surface area contributed by atoms with Gasteiger partial charge < -0.3 is 9.64 Å². The molecule has 2 aliphatic rings. The number of piperidine rings is 1. The molecule has 5 rings (SSSR count). The Labute approximate surface area is 186 Å². The minimum absolute atomic E-state index is 0.0571. The zero-order valence-corrected chi connectivity index (χ0v) is 17.4. The lowest BCUT2D eigenvalue weighted by atomic mass is 9.98. The van der Waals surface area contributed by atoms with E-state index in [9.17, 15) is 22.4 Å². The van der Waals surface area contributed by atoms with Crippen LogP contribution < -0.4 is 4.74 Å². The second kappa shape index (κ2) is 7.82. The Morgan fingerprint density at radius 3 is 2.48 bits per heavy atom. The van der Waals surface area contributed by atoms with Gasteiger partial charge in [-0.25, -0.2) is 0 Å². The van der Waals surface area contributed by atoms with Gasteiger partial charge in [0.2, 0.25) is 11.8 Å². The van der Waals surface area contributed by atoms with Crippen molar-refractivity contribution in [3.63, 3.8) is 0 Å². The molecule has 1 aromatic carbocycles. The standard InChI is InChI=1S/C22H19F4N5O2/c1-12-13-10-17(18(11-13)33-19-7-6-15(20(23)29-19)22(24,25)26)30(12)21(32)14-4-2-3-5-16(14)31-27-8-9-28-31/h2-9,12-13,17-18H,10-11H2,1H3. The molecule has 2 aromatic heterocycles. The van der Waals surface area contributed by atoms with Crippen molar-refractivity contribution in [3.8, 4) is 11.6 Å². The summed E-state index contributed by atoms with van der Waals surface area (Å²) < 4.78 is 58.1. The van der Waals surface area contributed by atoms with Gasteiger partial charge in [0, 0.05) is 12.1 Å². The first-order valence-electron chi connectivity index (χ1n) is 10.4. The molecule has 0 spiro atoms. The monoisotopic (exact) mass is 461 g/mol. The molecule has 1 aliphatic heterocycles. The summed E-state index contributed by atoms with van der Waals surface area (Å²) in [5.74, 6) is -1.94. The van der Waals surface area contributed by atoms with E-state index in [-0.39, 0.29) is 29.8 Å². The fourth-order valence-electron chi connectivity index (χ4n) is 4.85. The van der Waals surface area contributed by atoms with Crippen LogP contribution in [0.2, 0.25) is 0 Å². The van der Waals surface area contributed by atoms with E-state index in [1.807, 2.05) is 6.92 Å². The second-order valence-electron chi connectivity index (χ2n) is 8.23. The molecule has 2 bridgehead atoms. The van der Waals surface area contributed by atoms with Crippen LogP contribution in [0, 0.1) is 11.9 Å². The zero-order chi connectivity index (χ0) is 23.3. The number of pyridine rings is 1. The molecular weight excluding hydrogens is 442 g/mol. The van der Waals surface area contributed by atoms with Crippen molar-refractivity contribution in [3.05, 3.63) is 65.9 Å². The van der Waals surface area contributed by atoms with Gasteiger partial charge in [-0.3, -0.25) is 4.79 Å². The van der Waals surface area contributed by atoms with E-state index < -0.39 is 23.8 Å². The first kappa shape index (κ1) is 21.4. The molecule has 2 fully saturated rings. The maximum atomic E-state index is 13.9. The Bertz CT molecular complexity index is 1180. The molecule has 0 N–H and O–H groups in total. The van der Waals surface area contributed by atoms with Crippen LogP contribution in [0.25, 0.3) is 5.69 Å². The van der Waals surface area contributed by atoms with Crippen LogP contribution in [0.1, 0.15) is 35.7 Å². The highest BCUT2D eigenvalue weighted by Gasteiger charge is 2.53. The third-order valence-corrected chi connectivity index (χ3v) is 6.39. The van der Waals surface area contributed by atoms with Gasteiger partial charge >= 0.3 is 6.18 Å². The first-order valence-corrected chi connectivity index (χ1v) is 10.4. The van der Waals surface area contributed by atoms with Crippen molar-refractivity contribution in [1.29, 1.82) is 0 Å².